The molecule has 114 valence electrons. The van der Waals surface area contributed by atoms with Crippen LogP contribution in [0.5, 0.6) is 0 Å². The average Bonchev–Trinajstić information content (AvgIpc) is 2.36. The van der Waals surface area contributed by atoms with Crippen LogP contribution in [0.4, 0.5) is 13.2 Å². The third kappa shape index (κ3) is 3.09. The fourth-order valence-electron chi connectivity index (χ4n) is 1.26. The summed E-state index contributed by atoms with van der Waals surface area (Å²) < 4.78 is 82.9. The summed E-state index contributed by atoms with van der Waals surface area (Å²) in [6.07, 6.45) is 0. The maximum absolute atomic E-state index is 12.3. The maximum atomic E-state index is 12.3. The van der Waals surface area contributed by atoms with Gasteiger partial charge in [0.2, 0.25) is 0 Å². The molecule has 4 nitrogen and oxygen atoms in total. The van der Waals surface area contributed by atoms with E-state index in [4.69, 9.17) is 11.6 Å². The van der Waals surface area contributed by atoms with Crippen LogP contribution >= 0.6 is 11.6 Å². The first-order valence-electron chi connectivity index (χ1n) is 5.16. The first-order valence-corrected chi connectivity index (χ1v) is 8.72. The lowest BCUT2D eigenvalue weighted by Crippen LogP contribution is -2.23. The molecular formula is C10H10ClF3O4S2. The molecular weight excluding hydrogens is 341 g/mol. The van der Waals surface area contributed by atoms with Crippen LogP contribution in [0.1, 0.15) is 6.92 Å². The Morgan fingerprint density at radius 2 is 1.45 bits per heavy atom. The van der Waals surface area contributed by atoms with Gasteiger partial charge in [-0.05, 0) is 31.2 Å². The standard InChI is InChI=1S/C10H10ClF3O4S2/c1-7(6-11)19(15,16)8-2-4-9(5-3-8)20(17,18)10(12,13)14/h2-5,7H,6H2,1H3. The molecule has 0 spiro atoms. The second kappa shape index (κ2) is 5.53. The van der Waals surface area contributed by atoms with Gasteiger partial charge in [-0.15, -0.1) is 11.6 Å². The molecule has 10 heteroatoms. The largest absolute Gasteiger partial charge is 0.501 e. The van der Waals surface area contributed by atoms with E-state index >= 15 is 0 Å². The average molecular weight is 351 g/mol. The highest BCUT2D eigenvalue weighted by Gasteiger charge is 2.46. The van der Waals surface area contributed by atoms with E-state index in [0.717, 1.165) is 12.1 Å². The third-order valence-electron chi connectivity index (χ3n) is 2.51. The first kappa shape index (κ1) is 17.3. The Labute approximate surface area is 119 Å². The summed E-state index contributed by atoms with van der Waals surface area (Å²) in [5, 5.41) is -0.936. The van der Waals surface area contributed by atoms with Crippen molar-refractivity contribution in [3.8, 4) is 0 Å². The van der Waals surface area contributed by atoms with E-state index in [1.165, 1.54) is 6.92 Å². The monoisotopic (exact) mass is 350 g/mol. The van der Waals surface area contributed by atoms with Crippen molar-refractivity contribution in [3.05, 3.63) is 24.3 Å². The predicted molar refractivity (Wildman–Crippen MR) is 67.1 cm³/mol. The van der Waals surface area contributed by atoms with Crippen LogP contribution in [0.25, 0.3) is 0 Å². The van der Waals surface area contributed by atoms with E-state index in [1.54, 1.807) is 0 Å². The van der Waals surface area contributed by atoms with E-state index < -0.39 is 35.3 Å². The quantitative estimate of drug-likeness (QED) is 0.782. The van der Waals surface area contributed by atoms with Crippen molar-refractivity contribution in [1.82, 2.24) is 0 Å². The molecule has 0 aromatic heterocycles. The fraction of sp³-hybridized carbons (Fsp3) is 0.400. The number of benzene rings is 1. The van der Waals surface area contributed by atoms with Gasteiger partial charge < -0.3 is 0 Å². The van der Waals surface area contributed by atoms with Gasteiger partial charge in [0.25, 0.3) is 9.84 Å². The Morgan fingerprint density at radius 3 is 1.80 bits per heavy atom. The summed E-state index contributed by atoms with van der Waals surface area (Å²) in [7, 11) is -9.28. The highest BCUT2D eigenvalue weighted by atomic mass is 35.5. The van der Waals surface area contributed by atoms with E-state index in [-0.39, 0.29) is 10.8 Å². The van der Waals surface area contributed by atoms with Gasteiger partial charge in [0.05, 0.1) is 15.0 Å². The summed E-state index contributed by atoms with van der Waals surface area (Å²) in [6.45, 7) is 1.34. The molecule has 0 heterocycles. The topological polar surface area (TPSA) is 68.3 Å². The van der Waals surface area contributed by atoms with Gasteiger partial charge in [0.15, 0.2) is 9.84 Å². The summed E-state index contributed by atoms with van der Waals surface area (Å²) in [5.41, 5.74) is -5.43. The van der Waals surface area contributed by atoms with Gasteiger partial charge in [-0.2, -0.15) is 13.2 Å². The van der Waals surface area contributed by atoms with Crippen LogP contribution in [-0.2, 0) is 19.7 Å². The van der Waals surface area contributed by atoms with Crippen LogP contribution in [-0.4, -0.2) is 33.5 Å². The molecule has 20 heavy (non-hydrogen) atoms. The summed E-state index contributed by atoms with van der Waals surface area (Å²) in [6, 6.07) is 2.85. The van der Waals surface area contributed by atoms with Crippen molar-refractivity contribution in [3.63, 3.8) is 0 Å². The number of hydrogen-bond donors (Lipinski definition) is 0. The normalized spacial score (nSPS) is 15.1. The van der Waals surface area contributed by atoms with Crippen LogP contribution in [0.15, 0.2) is 34.1 Å². The Hall–Kier alpha value is -0.800. The predicted octanol–water partition coefficient (Wildman–Crippen LogP) is 2.38. The van der Waals surface area contributed by atoms with Crippen molar-refractivity contribution in [1.29, 1.82) is 0 Å². The molecule has 0 saturated carbocycles. The molecule has 1 unspecified atom stereocenters. The molecule has 0 N–H and O–H groups in total. The Bertz CT molecular complexity index is 678. The Balaban J connectivity index is 3.27. The van der Waals surface area contributed by atoms with Crippen molar-refractivity contribution in [2.24, 2.45) is 0 Å². The van der Waals surface area contributed by atoms with Crippen molar-refractivity contribution < 1.29 is 30.0 Å². The summed E-state index contributed by atoms with van der Waals surface area (Å²) in [5.74, 6) is -0.190. The van der Waals surface area contributed by atoms with Crippen molar-refractivity contribution in [2.45, 2.75) is 27.5 Å². The van der Waals surface area contributed by atoms with Crippen LogP contribution in [0, 0.1) is 0 Å². The number of alkyl halides is 4. The number of hydrogen-bond acceptors (Lipinski definition) is 4. The SMILES string of the molecule is CC(CCl)S(=O)(=O)c1ccc(S(=O)(=O)C(F)(F)F)cc1. The zero-order valence-electron chi connectivity index (χ0n) is 10.1. The lowest BCUT2D eigenvalue weighted by atomic mass is 10.4. The lowest BCUT2D eigenvalue weighted by Gasteiger charge is -2.11. The molecule has 0 saturated heterocycles. The molecule has 0 amide bonds. The van der Waals surface area contributed by atoms with Gasteiger partial charge in [-0.1, -0.05) is 0 Å². The van der Waals surface area contributed by atoms with Gasteiger partial charge in [0, 0.05) is 5.88 Å². The minimum absolute atomic E-state index is 0.190. The smallest absolute Gasteiger partial charge is 0.223 e. The highest BCUT2D eigenvalue weighted by molar-refractivity contribution is 7.92. The second-order valence-corrected chi connectivity index (χ2v) is 8.55. The van der Waals surface area contributed by atoms with Crippen molar-refractivity contribution >= 4 is 31.3 Å². The third-order valence-corrected chi connectivity index (χ3v) is 6.82. The number of halogens is 4. The Kier molecular flexibility index (Phi) is 4.77. The molecule has 0 aliphatic carbocycles. The fourth-order valence-corrected chi connectivity index (χ4v) is 3.66. The van der Waals surface area contributed by atoms with E-state index in [9.17, 15) is 30.0 Å². The summed E-state index contributed by atoms with van der Waals surface area (Å²) >= 11 is 5.43. The summed E-state index contributed by atoms with van der Waals surface area (Å²) in [4.78, 5) is -1.30. The van der Waals surface area contributed by atoms with Gasteiger partial charge in [-0.25, -0.2) is 16.8 Å². The molecule has 1 aromatic rings. The van der Waals surface area contributed by atoms with E-state index in [2.05, 4.69) is 0 Å². The van der Waals surface area contributed by atoms with Gasteiger partial charge in [0.1, 0.15) is 0 Å². The maximum Gasteiger partial charge on any atom is 0.501 e. The highest BCUT2D eigenvalue weighted by Crippen LogP contribution is 2.31. The van der Waals surface area contributed by atoms with Gasteiger partial charge >= 0.3 is 5.51 Å². The minimum Gasteiger partial charge on any atom is -0.223 e. The molecule has 1 rings (SSSR count). The van der Waals surface area contributed by atoms with Crippen molar-refractivity contribution in [2.75, 3.05) is 5.88 Å². The number of sulfone groups is 2. The van der Waals surface area contributed by atoms with Crippen LogP contribution in [0.3, 0.4) is 0 Å². The molecule has 0 aliphatic heterocycles. The van der Waals surface area contributed by atoms with E-state index in [1.807, 2.05) is 0 Å². The molecule has 0 bridgehead atoms. The Morgan fingerprint density at radius 1 is 1.05 bits per heavy atom. The van der Waals surface area contributed by atoms with Crippen LogP contribution in [0.2, 0.25) is 0 Å². The molecule has 1 atom stereocenters. The minimum atomic E-state index is -5.49. The van der Waals surface area contributed by atoms with Gasteiger partial charge in [-0.3, -0.25) is 0 Å². The molecule has 0 fully saturated rings. The van der Waals surface area contributed by atoms with E-state index in [0.29, 0.717) is 12.1 Å². The number of rotatable bonds is 4. The lowest BCUT2D eigenvalue weighted by molar-refractivity contribution is -0.0436. The zero-order chi connectivity index (χ0) is 15.8. The molecule has 0 radical (unpaired) electrons. The zero-order valence-corrected chi connectivity index (χ0v) is 12.4. The van der Waals surface area contributed by atoms with Crippen LogP contribution < -0.4 is 0 Å². The first-order chi connectivity index (χ1) is 8.94. The second-order valence-electron chi connectivity index (χ2n) is 3.93. The molecule has 1 aromatic carbocycles. The molecule has 0 aliphatic rings.